The van der Waals surface area contributed by atoms with E-state index >= 15 is 0 Å². The van der Waals surface area contributed by atoms with Gasteiger partial charge in [-0.05, 0) is 17.5 Å². The van der Waals surface area contributed by atoms with Gasteiger partial charge >= 0.3 is 6.03 Å². The summed E-state index contributed by atoms with van der Waals surface area (Å²) in [7, 11) is 1.74. The highest BCUT2D eigenvalue weighted by atomic mass is 16.5. The van der Waals surface area contributed by atoms with Gasteiger partial charge in [0.25, 0.3) is 0 Å². The standard InChI is InChI=1S/C15H19N3O3/c1-18(14(19)12-8-16-15(20)17-12)9-13-11-5-3-2-4-10(11)6-7-21-13/h2-5,12-13H,6-9H2,1H3,(H2,16,17,20)/t12-,13+/m0/s1. The molecule has 3 rings (SSSR count). The van der Waals surface area contributed by atoms with Crippen molar-refractivity contribution in [2.45, 2.75) is 18.6 Å². The van der Waals surface area contributed by atoms with Crippen molar-refractivity contribution in [3.63, 3.8) is 0 Å². The van der Waals surface area contributed by atoms with Crippen molar-refractivity contribution in [3.8, 4) is 0 Å². The van der Waals surface area contributed by atoms with Crippen molar-refractivity contribution < 1.29 is 14.3 Å². The van der Waals surface area contributed by atoms with E-state index in [1.165, 1.54) is 5.56 Å². The Hall–Kier alpha value is -2.08. The lowest BCUT2D eigenvalue weighted by Gasteiger charge is -2.30. The van der Waals surface area contributed by atoms with Crippen LogP contribution in [0.5, 0.6) is 0 Å². The summed E-state index contributed by atoms with van der Waals surface area (Å²) < 4.78 is 5.81. The number of hydrogen-bond acceptors (Lipinski definition) is 3. The highest BCUT2D eigenvalue weighted by Gasteiger charge is 2.31. The quantitative estimate of drug-likeness (QED) is 0.848. The Kier molecular flexibility index (Phi) is 3.79. The molecular formula is C15H19N3O3. The molecule has 21 heavy (non-hydrogen) atoms. The summed E-state index contributed by atoms with van der Waals surface area (Å²) in [5, 5.41) is 5.20. The Morgan fingerprint density at radius 3 is 3.00 bits per heavy atom. The van der Waals surface area contributed by atoms with Crippen LogP contribution in [-0.2, 0) is 16.0 Å². The van der Waals surface area contributed by atoms with Crippen molar-refractivity contribution in [3.05, 3.63) is 35.4 Å². The summed E-state index contributed by atoms with van der Waals surface area (Å²) >= 11 is 0. The Labute approximate surface area is 123 Å². The lowest BCUT2D eigenvalue weighted by molar-refractivity contribution is -0.133. The van der Waals surface area contributed by atoms with E-state index in [2.05, 4.69) is 22.8 Å². The molecule has 0 aromatic heterocycles. The first-order valence-electron chi connectivity index (χ1n) is 7.14. The van der Waals surface area contributed by atoms with E-state index in [1.807, 2.05) is 12.1 Å². The molecule has 6 nitrogen and oxygen atoms in total. The fourth-order valence-corrected chi connectivity index (χ4v) is 2.84. The maximum absolute atomic E-state index is 12.3. The van der Waals surface area contributed by atoms with Crippen LogP contribution in [0, 0.1) is 0 Å². The van der Waals surface area contributed by atoms with Gasteiger partial charge in [0.15, 0.2) is 0 Å². The predicted octanol–water partition coefficient (Wildman–Crippen LogP) is 0.440. The number of hydrogen-bond donors (Lipinski definition) is 2. The fraction of sp³-hybridized carbons (Fsp3) is 0.467. The van der Waals surface area contributed by atoms with E-state index in [0.717, 1.165) is 12.0 Å². The highest BCUT2D eigenvalue weighted by molar-refractivity contribution is 5.90. The van der Waals surface area contributed by atoms with Crippen LogP contribution in [0.4, 0.5) is 4.79 Å². The van der Waals surface area contributed by atoms with Crippen LogP contribution in [0.2, 0.25) is 0 Å². The molecule has 0 radical (unpaired) electrons. The Balaban J connectivity index is 1.67. The summed E-state index contributed by atoms with van der Waals surface area (Å²) in [6, 6.07) is 7.39. The van der Waals surface area contributed by atoms with Gasteiger partial charge < -0.3 is 20.3 Å². The molecule has 0 unspecified atom stereocenters. The van der Waals surface area contributed by atoms with Gasteiger partial charge in [0.2, 0.25) is 5.91 Å². The first kappa shape index (κ1) is 13.9. The van der Waals surface area contributed by atoms with Gasteiger partial charge in [-0.2, -0.15) is 0 Å². The highest BCUT2D eigenvalue weighted by Crippen LogP contribution is 2.27. The monoisotopic (exact) mass is 289 g/mol. The molecule has 1 saturated heterocycles. The first-order valence-corrected chi connectivity index (χ1v) is 7.14. The van der Waals surface area contributed by atoms with Crippen molar-refractivity contribution in [2.75, 3.05) is 26.7 Å². The Bertz CT molecular complexity index is 561. The largest absolute Gasteiger partial charge is 0.371 e. The van der Waals surface area contributed by atoms with E-state index in [0.29, 0.717) is 19.7 Å². The van der Waals surface area contributed by atoms with E-state index in [1.54, 1.807) is 11.9 Å². The third-order valence-electron chi connectivity index (χ3n) is 3.98. The zero-order chi connectivity index (χ0) is 14.8. The second-order valence-corrected chi connectivity index (χ2v) is 5.43. The van der Waals surface area contributed by atoms with E-state index in [-0.39, 0.29) is 18.0 Å². The lowest BCUT2D eigenvalue weighted by Crippen LogP contribution is -2.45. The minimum atomic E-state index is -0.485. The Morgan fingerprint density at radius 2 is 2.24 bits per heavy atom. The van der Waals surface area contributed by atoms with Crippen molar-refractivity contribution >= 4 is 11.9 Å². The number of nitrogens with one attached hydrogen (secondary N) is 2. The van der Waals surface area contributed by atoms with Crippen LogP contribution >= 0.6 is 0 Å². The number of benzene rings is 1. The summed E-state index contributed by atoms with van der Waals surface area (Å²) in [5.74, 6) is -0.0972. The molecule has 3 amide bonds. The molecule has 1 fully saturated rings. The number of fused-ring (bicyclic) bond motifs is 1. The third-order valence-corrected chi connectivity index (χ3v) is 3.98. The van der Waals surface area contributed by atoms with Gasteiger partial charge in [-0.15, -0.1) is 0 Å². The van der Waals surface area contributed by atoms with Crippen LogP contribution < -0.4 is 10.6 Å². The SMILES string of the molecule is CN(C[C@H]1OCCc2ccccc21)C(=O)[C@@H]1CNC(=O)N1. The van der Waals surface area contributed by atoms with Gasteiger partial charge in [0.1, 0.15) is 12.1 Å². The summed E-state index contributed by atoms with van der Waals surface area (Å²) in [6.07, 6.45) is 0.807. The molecule has 0 saturated carbocycles. The van der Waals surface area contributed by atoms with Gasteiger partial charge in [0.05, 0.1) is 13.2 Å². The third kappa shape index (κ3) is 2.85. The molecule has 1 aromatic carbocycles. The molecule has 2 atom stereocenters. The summed E-state index contributed by atoms with van der Waals surface area (Å²) in [5.41, 5.74) is 2.43. The number of rotatable bonds is 3. The minimum absolute atomic E-state index is 0.0972. The topological polar surface area (TPSA) is 70.7 Å². The number of carbonyl (C=O) groups excluding carboxylic acids is 2. The maximum Gasteiger partial charge on any atom is 0.315 e. The lowest BCUT2D eigenvalue weighted by atomic mass is 9.97. The van der Waals surface area contributed by atoms with Crippen molar-refractivity contribution in [1.29, 1.82) is 0 Å². The van der Waals surface area contributed by atoms with Crippen LogP contribution in [0.25, 0.3) is 0 Å². The van der Waals surface area contributed by atoms with Crippen LogP contribution in [0.3, 0.4) is 0 Å². The average Bonchev–Trinajstić information content (AvgIpc) is 2.93. The molecule has 6 heteroatoms. The Morgan fingerprint density at radius 1 is 1.43 bits per heavy atom. The number of carbonyl (C=O) groups is 2. The number of amides is 3. The van der Waals surface area contributed by atoms with Crippen molar-refractivity contribution in [1.82, 2.24) is 15.5 Å². The number of likely N-dealkylation sites (N-methyl/N-ethyl adjacent to an activating group) is 1. The molecule has 2 heterocycles. The molecule has 2 aliphatic heterocycles. The number of nitrogens with zero attached hydrogens (tertiary/aromatic N) is 1. The molecule has 2 N–H and O–H groups in total. The van der Waals surface area contributed by atoms with Crippen LogP contribution in [0.1, 0.15) is 17.2 Å². The molecule has 1 aromatic rings. The molecular weight excluding hydrogens is 270 g/mol. The summed E-state index contributed by atoms with van der Waals surface area (Å²) in [6.45, 7) is 1.50. The number of ether oxygens (including phenoxy) is 1. The zero-order valence-electron chi connectivity index (χ0n) is 12.0. The normalized spacial score (nSPS) is 24.0. The van der Waals surface area contributed by atoms with Gasteiger partial charge in [-0.25, -0.2) is 4.79 Å². The number of urea groups is 1. The molecule has 2 aliphatic rings. The van der Waals surface area contributed by atoms with Crippen LogP contribution in [-0.4, -0.2) is 49.6 Å². The van der Waals surface area contributed by atoms with Crippen LogP contribution in [0.15, 0.2) is 24.3 Å². The van der Waals surface area contributed by atoms with E-state index < -0.39 is 6.04 Å². The van der Waals surface area contributed by atoms with Crippen molar-refractivity contribution in [2.24, 2.45) is 0 Å². The first-order chi connectivity index (χ1) is 10.1. The zero-order valence-corrected chi connectivity index (χ0v) is 12.0. The fourth-order valence-electron chi connectivity index (χ4n) is 2.84. The van der Waals surface area contributed by atoms with E-state index in [9.17, 15) is 9.59 Å². The second kappa shape index (κ2) is 5.73. The molecule has 0 spiro atoms. The maximum atomic E-state index is 12.3. The smallest absolute Gasteiger partial charge is 0.315 e. The van der Waals surface area contributed by atoms with Gasteiger partial charge in [-0.3, -0.25) is 4.79 Å². The molecule has 0 aliphatic carbocycles. The molecule has 0 bridgehead atoms. The summed E-state index contributed by atoms with van der Waals surface area (Å²) in [4.78, 5) is 25.0. The van der Waals surface area contributed by atoms with E-state index in [4.69, 9.17) is 4.74 Å². The van der Waals surface area contributed by atoms with Gasteiger partial charge in [-0.1, -0.05) is 24.3 Å². The average molecular weight is 289 g/mol. The van der Waals surface area contributed by atoms with Gasteiger partial charge in [0, 0.05) is 13.6 Å². The second-order valence-electron chi connectivity index (χ2n) is 5.43. The molecule has 112 valence electrons. The predicted molar refractivity (Wildman–Crippen MR) is 76.8 cm³/mol. The minimum Gasteiger partial charge on any atom is -0.371 e.